The Balaban J connectivity index is 1.46. The number of carbonyl (C=O) groups excluding carboxylic acids is 2. The lowest BCUT2D eigenvalue weighted by molar-refractivity contribution is -0.142. The van der Waals surface area contributed by atoms with Gasteiger partial charge in [0.15, 0.2) is 0 Å². The molecule has 0 unspecified atom stereocenters. The number of aliphatic hydroxyl groups is 1. The van der Waals surface area contributed by atoms with Crippen LogP contribution in [0.5, 0.6) is 5.75 Å². The molecule has 0 saturated carbocycles. The zero-order valence-corrected chi connectivity index (χ0v) is 18.3. The van der Waals surface area contributed by atoms with Crippen molar-refractivity contribution in [2.75, 3.05) is 23.8 Å². The van der Waals surface area contributed by atoms with E-state index in [-0.39, 0.29) is 42.7 Å². The zero-order chi connectivity index (χ0) is 23.4. The first-order valence-electron chi connectivity index (χ1n) is 11.1. The molecule has 0 bridgehead atoms. The van der Waals surface area contributed by atoms with Crippen LogP contribution in [-0.2, 0) is 9.53 Å². The van der Waals surface area contributed by atoms with Gasteiger partial charge in [-0.3, -0.25) is 4.79 Å². The minimum absolute atomic E-state index is 0.0824. The van der Waals surface area contributed by atoms with E-state index in [0.717, 1.165) is 12.0 Å². The van der Waals surface area contributed by atoms with E-state index < -0.39 is 18.0 Å². The normalized spacial score (nSPS) is 23.1. The first-order chi connectivity index (χ1) is 16.0. The number of rotatable bonds is 7. The largest absolute Gasteiger partial charge is 0.487 e. The highest BCUT2D eigenvalue weighted by Gasteiger charge is 2.46. The van der Waals surface area contributed by atoms with Crippen molar-refractivity contribution in [2.24, 2.45) is 0 Å². The van der Waals surface area contributed by atoms with Crippen LogP contribution in [0.1, 0.15) is 37.7 Å². The summed E-state index contributed by atoms with van der Waals surface area (Å²) in [5.74, 6) is -0.0464. The van der Waals surface area contributed by atoms with Crippen molar-refractivity contribution < 1.29 is 28.6 Å². The van der Waals surface area contributed by atoms with E-state index in [9.17, 15) is 19.1 Å². The van der Waals surface area contributed by atoms with E-state index in [4.69, 9.17) is 9.47 Å². The van der Waals surface area contributed by atoms with Gasteiger partial charge in [-0.15, -0.1) is 0 Å². The van der Waals surface area contributed by atoms with Gasteiger partial charge in [-0.2, -0.15) is 0 Å². The van der Waals surface area contributed by atoms with Gasteiger partial charge in [0.2, 0.25) is 5.91 Å². The number of anilines is 2. The molecule has 4 rings (SSSR count). The van der Waals surface area contributed by atoms with Crippen LogP contribution in [0.3, 0.4) is 0 Å². The predicted octanol–water partition coefficient (Wildman–Crippen LogP) is 3.38. The predicted molar refractivity (Wildman–Crippen MR) is 121 cm³/mol. The summed E-state index contributed by atoms with van der Waals surface area (Å²) in [7, 11) is 0. The molecule has 2 heterocycles. The molecule has 0 aliphatic carbocycles. The highest BCUT2D eigenvalue weighted by Crippen LogP contribution is 2.47. The van der Waals surface area contributed by atoms with Crippen molar-refractivity contribution in [1.82, 2.24) is 5.32 Å². The topological polar surface area (TPSA) is 109 Å². The third-order valence-corrected chi connectivity index (χ3v) is 5.86. The highest BCUT2D eigenvalue weighted by molar-refractivity contribution is 5.99. The van der Waals surface area contributed by atoms with Crippen LogP contribution in [0.25, 0.3) is 0 Å². The molecule has 0 aromatic heterocycles. The number of benzene rings is 2. The average Bonchev–Trinajstić information content (AvgIpc) is 3.16. The van der Waals surface area contributed by atoms with Crippen LogP contribution in [0, 0.1) is 5.82 Å². The summed E-state index contributed by atoms with van der Waals surface area (Å²) in [5, 5.41) is 17.9. The number of urea groups is 1. The molecule has 3 amide bonds. The Morgan fingerprint density at radius 2 is 2.00 bits per heavy atom. The van der Waals surface area contributed by atoms with E-state index in [1.807, 2.05) is 13.0 Å². The lowest BCUT2D eigenvalue weighted by atomic mass is 9.84. The molecule has 1 saturated heterocycles. The summed E-state index contributed by atoms with van der Waals surface area (Å²) in [4.78, 5) is 24.5. The van der Waals surface area contributed by atoms with Crippen molar-refractivity contribution in [3.63, 3.8) is 0 Å². The number of para-hydroxylation sites is 1. The number of amides is 3. The smallest absolute Gasteiger partial charge is 0.323 e. The van der Waals surface area contributed by atoms with Gasteiger partial charge in [-0.1, -0.05) is 19.1 Å². The molecule has 0 spiro atoms. The number of halogens is 1. The molecule has 4 N–H and O–H groups in total. The second kappa shape index (κ2) is 10.2. The number of ether oxygens (including phenoxy) is 2. The Morgan fingerprint density at radius 1 is 1.18 bits per heavy atom. The number of carbonyl (C=O) groups is 2. The van der Waals surface area contributed by atoms with E-state index in [0.29, 0.717) is 24.4 Å². The summed E-state index contributed by atoms with van der Waals surface area (Å²) in [6.45, 7) is 2.37. The molecule has 0 radical (unpaired) electrons. The van der Waals surface area contributed by atoms with E-state index in [1.165, 1.54) is 12.1 Å². The maximum Gasteiger partial charge on any atom is 0.323 e. The van der Waals surface area contributed by atoms with Gasteiger partial charge in [0, 0.05) is 23.7 Å². The molecule has 2 aliphatic heterocycles. The average molecular weight is 458 g/mol. The maximum absolute atomic E-state index is 13.8. The molecule has 2 aromatic carbocycles. The summed E-state index contributed by atoms with van der Waals surface area (Å²) >= 11 is 0. The van der Waals surface area contributed by atoms with Crippen molar-refractivity contribution in [3.8, 4) is 5.75 Å². The number of nitrogens with one attached hydrogen (secondary N) is 3. The van der Waals surface area contributed by atoms with Crippen molar-refractivity contribution in [1.29, 1.82) is 0 Å². The van der Waals surface area contributed by atoms with Gasteiger partial charge < -0.3 is 30.5 Å². The molecule has 2 aliphatic rings. The number of hydrogen-bond acceptors (Lipinski definition) is 5. The fraction of sp³-hybridized carbons (Fsp3) is 0.417. The van der Waals surface area contributed by atoms with Gasteiger partial charge in [0.05, 0.1) is 24.8 Å². The fourth-order valence-electron chi connectivity index (χ4n) is 4.36. The Labute approximate surface area is 191 Å². The minimum atomic E-state index is -0.568. The molecule has 176 valence electrons. The summed E-state index contributed by atoms with van der Waals surface area (Å²) in [6, 6.07) is 10.6. The van der Waals surface area contributed by atoms with Crippen molar-refractivity contribution >= 4 is 23.3 Å². The van der Waals surface area contributed by atoms with Crippen LogP contribution in [0.4, 0.5) is 20.6 Å². The van der Waals surface area contributed by atoms with E-state index in [2.05, 4.69) is 16.0 Å². The third kappa shape index (κ3) is 5.26. The van der Waals surface area contributed by atoms with Gasteiger partial charge in [0.25, 0.3) is 0 Å². The maximum atomic E-state index is 13.8. The second-order valence-corrected chi connectivity index (χ2v) is 8.27. The molecule has 8 nitrogen and oxygen atoms in total. The van der Waals surface area contributed by atoms with Gasteiger partial charge >= 0.3 is 6.03 Å². The van der Waals surface area contributed by atoms with Crippen LogP contribution in [0.2, 0.25) is 0 Å². The van der Waals surface area contributed by atoms with E-state index >= 15 is 0 Å². The molecule has 9 heteroatoms. The fourth-order valence-corrected chi connectivity index (χ4v) is 4.36. The quantitative estimate of drug-likeness (QED) is 0.510. The van der Waals surface area contributed by atoms with Crippen LogP contribution >= 0.6 is 0 Å². The number of hydrogen-bond donors (Lipinski definition) is 4. The number of aliphatic hydroxyl groups excluding tert-OH is 1. The lowest BCUT2D eigenvalue weighted by Crippen LogP contribution is -2.47. The van der Waals surface area contributed by atoms with E-state index in [1.54, 1.807) is 24.3 Å². The molecule has 33 heavy (non-hydrogen) atoms. The SMILES string of the molecule is CCCNC(=O)C[C@H]1C[C@@H]2c3cc(NC(=O)Nc4ccccc4F)ccc3O[C@@H]2[C@H](CO)O1. The Morgan fingerprint density at radius 3 is 2.76 bits per heavy atom. The van der Waals surface area contributed by atoms with Crippen LogP contribution in [-0.4, -0.2) is 48.5 Å². The first kappa shape index (κ1) is 23.0. The highest BCUT2D eigenvalue weighted by atomic mass is 19.1. The minimum Gasteiger partial charge on any atom is -0.487 e. The first-order valence-corrected chi connectivity index (χ1v) is 11.1. The monoisotopic (exact) mass is 457 g/mol. The zero-order valence-electron chi connectivity index (χ0n) is 18.3. The molecule has 1 fully saturated rings. The van der Waals surface area contributed by atoms with Gasteiger partial charge in [-0.25, -0.2) is 9.18 Å². The Kier molecular flexibility index (Phi) is 7.10. The second-order valence-electron chi connectivity index (χ2n) is 8.27. The van der Waals surface area contributed by atoms with Gasteiger partial charge in [-0.05, 0) is 43.2 Å². The van der Waals surface area contributed by atoms with Crippen molar-refractivity contribution in [3.05, 3.63) is 53.8 Å². The summed E-state index contributed by atoms with van der Waals surface area (Å²) < 4.78 is 25.8. The Bertz CT molecular complexity index is 1020. The number of fused-ring (bicyclic) bond motifs is 3. The van der Waals surface area contributed by atoms with Gasteiger partial charge in [0.1, 0.15) is 23.8 Å². The summed E-state index contributed by atoms with van der Waals surface area (Å²) in [5.41, 5.74) is 1.49. The third-order valence-electron chi connectivity index (χ3n) is 5.86. The summed E-state index contributed by atoms with van der Waals surface area (Å²) in [6.07, 6.45) is 0.332. The molecular formula is C24H28FN3O5. The molecular weight excluding hydrogens is 429 g/mol. The molecule has 2 aromatic rings. The lowest BCUT2D eigenvalue weighted by Gasteiger charge is -2.37. The Hall–Kier alpha value is -3.17. The standard InChI is InChI=1S/C24H28FN3O5/c1-2-9-26-22(30)12-15-11-17-16-10-14(7-8-20(16)33-23(17)21(13-29)32-15)27-24(31)28-19-6-4-3-5-18(19)25/h3-8,10,15,17,21,23,29H,2,9,11-13H2,1H3,(H,26,30)(H2,27,28,31)/t15-,17-,21+,23+/m1/s1. The van der Waals surface area contributed by atoms with Crippen LogP contribution < -0.4 is 20.7 Å². The molecule has 4 atom stereocenters. The van der Waals surface area contributed by atoms with Crippen LogP contribution in [0.15, 0.2) is 42.5 Å². The van der Waals surface area contributed by atoms with Crippen molar-refractivity contribution in [2.45, 2.75) is 50.4 Å².